The number of nitrogens with zero attached hydrogens (tertiary/aromatic N) is 4. The lowest BCUT2D eigenvalue weighted by molar-refractivity contribution is 0.383. The lowest BCUT2D eigenvalue weighted by atomic mass is 10.2. The quantitative estimate of drug-likeness (QED) is 0.862. The summed E-state index contributed by atoms with van der Waals surface area (Å²) in [4.78, 5) is 2.46. The first-order valence-corrected chi connectivity index (χ1v) is 10.3. The Hall–Kier alpha value is -2.19. The van der Waals surface area contributed by atoms with Crippen LogP contribution >= 0.6 is 0 Å². The topological polar surface area (TPSA) is 78.4 Å². The molecule has 0 saturated carbocycles. The Kier molecular flexibility index (Phi) is 5.43. The molecule has 1 aliphatic heterocycles. The number of aromatic nitrogens is 2. The summed E-state index contributed by atoms with van der Waals surface area (Å²) in [5, 5.41) is 11.5. The zero-order chi connectivity index (χ0) is 18.7. The summed E-state index contributed by atoms with van der Waals surface area (Å²) in [6.45, 7) is 8.67. The van der Waals surface area contributed by atoms with E-state index in [1.54, 1.807) is 10.4 Å². The summed E-state index contributed by atoms with van der Waals surface area (Å²) in [5.41, 5.74) is 1.85. The number of piperazine rings is 1. The average Bonchev–Trinajstić information content (AvgIpc) is 2.62. The van der Waals surface area contributed by atoms with E-state index in [2.05, 4.69) is 20.4 Å². The number of aryl methyl sites for hydroxylation is 2. The highest BCUT2D eigenvalue weighted by molar-refractivity contribution is 7.89. The molecule has 3 rings (SSSR count). The molecule has 0 spiro atoms. The van der Waals surface area contributed by atoms with E-state index < -0.39 is 10.0 Å². The van der Waals surface area contributed by atoms with Crippen LogP contribution in [0.3, 0.4) is 0 Å². The molecule has 1 fully saturated rings. The van der Waals surface area contributed by atoms with Gasteiger partial charge in [0.25, 0.3) is 0 Å². The van der Waals surface area contributed by atoms with Crippen LogP contribution in [0.4, 0.5) is 11.6 Å². The highest BCUT2D eigenvalue weighted by Crippen LogP contribution is 2.23. The van der Waals surface area contributed by atoms with Crippen molar-refractivity contribution in [2.45, 2.75) is 25.7 Å². The highest BCUT2D eigenvalue weighted by Gasteiger charge is 2.30. The molecule has 140 valence electrons. The number of hydrogen-bond donors (Lipinski definition) is 1. The molecule has 0 unspecified atom stereocenters. The third-order valence-corrected chi connectivity index (χ3v) is 6.58. The first kappa shape index (κ1) is 18.6. The maximum atomic E-state index is 13.0. The van der Waals surface area contributed by atoms with Gasteiger partial charge in [0.15, 0.2) is 5.82 Å². The molecule has 0 bridgehead atoms. The Balaban J connectivity index is 1.69. The fourth-order valence-corrected chi connectivity index (χ4v) is 4.78. The summed E-state index contributed by atoms with van der Waals surface area (Å²) in [7, 11) is -3.47. The molecule has 0 aliphatic carbocycles. The molecule has 1 saturated heterocycles. The minimum absolute atomic E-state index is 0.395. The van der Waals surface area contributed by atoms with Gasteiger partial charge >= 0.3 is 0 Å². The number of rotatable bonds is 5. The minimum atomic E-state index is -3.47. The zero-order valence-corrected chi connectivity index (χ0v) is 16.3. The van der Waals surface area contributed by atoms with Crippen molar-refractivity contribution in [1.82, 2.24) is 14.5 Å². The monoisotopic (exact) mass is 375 g/mol. The molecule has 2 heterocycles. The van der Waals surface area contributed by atoms with Gasteiger partial charge < -0.3 is 10.2 Å². The molecule has 0 atom stereocenters. The van der Waals surface area contributed by atoms with Gasteiger partial charge in [0.2, 0.25) is 10.0 Å². The molecule has 2 aromatic rings. The Morgan fingerprint density at radius 2 is 1.77 bits per heavy atom. The molecule has 1 aromatic carbocycles. The van der Waals surface area contributed by atoms with Crippen molar-refractivity contribution in [1.29, 1.82) is 0 Å². The number of nitrogens with one attached hydrogen (secondary N) is 1. The summed E-state index contributed by atoms with van der Waals surface area (Å²) >= 11 is 0. The lowest BCUT2D eigenvalue weighted by Gasteiger charge is -2.34. The summed E-state index contributed by atoms with van der Waals surface area (Å²) in [5.74, 6) is 1.52. The first-order chi connectivity index (χ1) is 12.4. The van der Waals surface area contributed by atoms with Crippen LogP contribution in [-0.2, 0) is 10.0 Å². The van der Waals surface area contributed by atoms with Crippen molar-refractivity contribution in [3.63, 3.8) is 0 Å². The SMILES string of the molecule is CCNc1ccc(N2CCN(S(=O)(=O)c3ccc(C)cc3C)CC2)nn1. The van der Waals surface area contributed by atoms with Crippen LogP contribution < -0.4 is 10.2 Å². The molecular weight excluding hydrogens is 350 g/mol. The average molecular weight is 375 g/mol. The third kappa shape index (κ3) is 3.81. The Labute approximate surface area is 155 Å². The van der Waals surface area contributed by atoms with Crippen molar-refractivity contribution in [3.8, 4) is 0 Å². The second-order valence-electron chi connectivity index (χ2n) is 6.47. The molecule has 7 nitrogen and oxygen atoms in total. The van der Waals surface area contributed by atoms with E-state index in [9.17, 15) is 8.42 Å². The molecule has 1 aliphatic rings. The Bertz CT molecular complexity index is 860. The number of anilines is 2. The maximum absolute atomic E-state index is 13.0. The van der Waals surface area contributed by atoms with E-state index in [-0.39, 0.29) is 0 Å². The van der Waals surface area contributed by atoms with Crippen LogP contribution in [-0.4, -0.2) is 55.6 Å². The number of benzene rings is 1. The van der Waals surface area contributed by atoms with Gasteiger partial charge in [-0.25, -0.2) is 8.42 Å². The molecule has 1 N–H and O–H groups in total. The van der Waals surface area contributed by atoms with Gasteiger partial charge in [-0.1, -0.05) is 17.7 Å². The van der Waals surface area contributed by atoms with E-state index in [4.69, 9.17) is 0 Å². The molecular formula is C18H25N5O2S. The summed E-state index contributed by atoms with van der Waals surface area (Å²) in [6.07, 6.45) is 0. The van der Waals surface area contributed by atoms with E-state index in [0.717, 1.165) is 29.3 Å². The van der Waals surface area contributed by atoms with Crippen LogP contribution in [0, 0.1) is 13.8 Å². The predicted molar refractivity (Wildman–Crippen MR) is 103 cm³/mol. The van der Waals surface area contributed by atoms with Crippen molar-refractivity contribution in [2.75, 3.05) is 42.9 Å². The molecule has 0 radical (unpaired) electrons. The fraction of sp³-hybridized carbons (Fsp3) is 0.444. The number of hydrogen-bond acceptors (Lipinski definition) is 6. The standard InChI is InChI=1S/C18H25N5O2S/c1-4-19-17-7-8-18(21-20-17)22-9-11-23(12-10-22)26(24,25)16-6-5-14(2)13-15(16)3/h5-8,13H,4,9-12H2,1-3H3,(H,19,20). The van der Waals surface area contributed by atoms with Gasteiger partial charge in [0, 0.05) is 32.7 Å². The second kappa shape index (κ2) is 7.59. The summed E-state index contributed by atoms with van der Waals surface area (Å²) in [6, 6.07) is 9.27. The van der Waals surface area contributed by atoms with E-state index in [1.807, 2.05) is 45.0 Å². The first-order valence-electron chi connectivity index (χ1n) is 8.82. The number of sulfonamides is 1. The maximum Gasteiger partial charge on any atom is 0.243 e. The van der Waals surface area contributed by atoms with Crippen LogP contribution in [0.15, 0.2) is 35.2 Å². The molecule has 26 heavy (non-hydrogen) atoms. The van der Waals surface area contributed by atoms with Gasteiger partial charge in [0.05, 0.1) is 4.90 Å². The van der Waals surface area contributed by atoms with E-state index >= 15 is 0 Å². The van der Waals surface area contributed by atoms with E-state index in [1.165, 1.54) is 0 Å². The van der Waals surface area contributed by atoms with Gasteiger partial charge in [-0.3, -0.25) is 0 Å². The Morgan fingerprint density at radius 1 is 1.04 bits per heavy atom. The molecule has 1 aromatic heterocycles. The van der Waals surface area contributed by atoms with Gasteiger partial charge in [-0.15, -0.1) is 10.2 Å². The van der Waals surface area contributed by atoms with Gasteiger partial charge in [-0.2, -0.15) is 4.31 Å². The third-order valence-electron chi connectivity index (χ3n) is 4.52. The van der Waals surface area contributed by atoms with Crippen molar-refractivity contribution in [2.24, 2.45) is 0 Å². The van der Waals surface area contributed by atoms with Gasteiger partial charge in [0.1, 0.15) is 5.82 Å². The highest BCUT2D eigenvalue weighted by atomic mass is 32.2. The Morgan fingerprint density at radius 3 is 2.35 bits per heavy atom. The van der Waals surface area contributed by atoms with Crippen molar-refractivity contribution in [3.05, 3.63) is 41.5 Å². The minimum Gasteiger partial charge on any atom is -0.369 e. The van der Waals surface area contributed by atoms with Crippen LogP contribution in [0.25, 0.3) is 0 Å². The molecule has 0 amide bonds. The summed E-state index contributed by atoms with van der Waals surface area (Å²) < 4.78 is 27.5. The fourth-order valence-electron chi connectivity index (χ4n) is 3.15. The van der Waals surface area contributed by atoms with Crippen LogP contribution in [0.1, 0.15) is 18.1 Å². The van der Waals surface area contributed by atoms with Crippen molar-refractivity contribution < 1.29 is 8.42 Å². The normalized spacial score (nSPS) is 15.9. The zero-order valence-electron chi connectivity index (χ0n) is 15.4. The van der Waals surface area contributed by atoms with Crippen LogP contribution in [0.5, 0.6) is 0 Å². The largest absolute Gasteiger partial charge is 0.369 e. The van der Waals surface area contributed by atoms with Gasteiger partial charge in [-0.05, 0) is 44.5 Å². The molecule has 8 heteroatoms. The smallest absolute Gasteiger partial charge is 0.243 e. The van der Waals surface area contributed by atoms with Crippen LogP contribution in [0.2, 0.25) is 0 Å². The van der Waals surface area contributed by atoms with E-state index in [0.29, 0.717) is 31.1 Å². The predicted octanol–water partition coefficient (Wildman–Crippen LogP) is 2.04. The van der Waals surface area contributed by atoms with Crippen molar-refractivity contribution >= 4 is 21.7 Å². The second-order valence-corrected chi connectivity index (χ2v) is 8.37. The lowest BCUT2D eigenvalue weighted by Crippen LogP contribution is -2.49.